The fourth-order valence-electron chi connectivity index (χ4n) is 3.21. The molecule has 1 N–H and O–H groups in total. The molecule has 7 heteroatoms. The number of nitrogens with zero attached hydrogens (tertiary/aromatic N) is 1. The van der Waals surface area contributed by atoms with Gasteiger partial charge in [0.1, 0.15) is 0 Å². The average Bonchev–Trinajstić information content (AvgIpc) is 2.99. The molecular formula is C18H23B2NO4. The van der Waals surface area contributed by atoms with Crippen LogP contribution in [0.3, 0.4) is 0 Å². The third-order valence-corrected chi connectivity index (χ3v) is 5.31. The van der Waals surface area contributed by atoms with Gasteiger partial charge in [-0.05, 0) is 50.6 Å². The van der Waals surface area contributed by atoms with Crippen molar-refractivity contribution in [3.63, 3.8) is 0 Å². The Morgan fingerprint density at radius 2 is 1.72 bits per heavy atom. The first-order valence-electron chi connectivity index (χ1n) is 8.62. The third-order valence-electron chi connectivity index (χ3n) is 5.31. The highest BCUT2D eigenvalue weighted by Crippen LogP contribution is 2.44. The maximum atomic E-state index is 10.5. The van der Waals surface area contributed by atoms with Crippen LogP contribution in [0.1, 0.15) is 46.1 Å². The quantitative estimate of drug-likeness (QED) is 0.854. The summed E-state index contributed by atoms with van der Waals surface area (Å²) in [5.41, 5.74) is 1.37. The van der Waals surface area contributed by atoms with Crippen LogP contribution >= 0.6 is 0 Å². The smallest absolute Gasteiger partial charge is 0.423 e. The summed E-state index contributed by atoms with van der Waals surface area (Å²) in [5.74, 6) is 0. The number of hydrogen-bond donors (Lipinski definition) is 1. The third kappa shape index (κ3) is 3.28. The minimum atomic E-state index is -1.06. The number of hydrogen-bond acceptors (Lipinski definition) is 5. The molecule has 0 bridgehead atoms. The second-order valence-electron chi connectivity index (χ2n) is 7.50. The summed E-state index contributed by atoms with van der Waals surface area (Å²) in [6.45, 7) is 7.97. The molecule has 1 saturated heterocycles. The molecule has 0 saturated carbocycles. The zero-order valence-corrected chi connectivity index (χ0v) is 15.2. The van der Waals surface area contributed by atoms with E-state index in [0.29, 0.717) is 18.3 Å². The summed E-state index contributed by atoms with van der Waals surface area (Å²) < 4.78 is 18.2. The van der Waals surface area contributed by atoms with Crippen molar-refractivity contribution in [2.75, 3.05) is 0 Å². The predicted molar refractivity (Wildman–Crippen MR) is 97.1 cm³/mol. The van der Waals surface area contributed by atoms with E-state index in [1.54, 1.807) is 0 Å². The van der Waals surface area contributed by atoms with Crippen molar-refractivity contribution in [3.8, 4) is 6.07 Å². The van der Waals surface area contributed by atoms with E-state index in [1.807, 2.05) is 58.0 Å². The van der Waals surface area contributed by atoms with Crippen LogP contribution in [-0.4, -0.2) is 36.6 Å². The standard InChI is InChI=1S/C18H23B2NO4/c1-17(2)18(3,4)25-20(24-17)16-14(11-8-12-21)23-19(22)15(16)13-9-6-5-7-10-13/h5-7,9-10,14,22H,8,11H2,1-4H3/t14-/m1/s1. The fraction of sp³-hybridized carbons (Fsp3) is 0.500. The van der Waals surface area contributed by atoms with Gasteiger partial charge >= 0.3 is 14.2 Å². The second-order valence-corrected chi connectivity index (χ2v) is 7.50. The molecule has 3 rings (SSSR count). The number of rotatable bonds is 4. The Hall–Kier alpha value is -1.58. The molecule has 1 atom stereocenters. The molecule has 0 aromatic heterocycles. The first-order chi connectivity index (χ1) is 11.8. The molecule has 0 spiro atoms. The lowest BCUT2D eigenvalue weighted by Crippen LogP contribution is -2.41. The van der Waals surface area contributed by atoms with Crippen molar-refractivity contribution < 1.29 is 19.0 Å². The highest BCUT2D eigenvalue weighted by molar-refractivity contribution is 6.74. The lowest BCUT2D eigenvalue weighted by Gasteiger charge is -2.32. The van der Waals surface area contributed by atoms with E-state index in [0.717, 1.165) is 11.0 Å². The molecule has 1 fully saturated rings. The van der Waals surface area contributed by atoms with Crippen molar-refractivity contribution in [3.05, 3.63) is 41.4 Å². The Labute approximate surface area is 149 Å². The SMILES string of the molecule is CC1(C)OB(C2=C(c3ccccc3)B(O)O[C@@H]2CCC#N)OC1(C)C. The first-order valence-corrected chi connectivity index (χ1v) is 8.62. The van der Waals surface area contributed by atoms with Crippen LogP contribution in [0.5, 0.6) is 0 Å². The minimum Gasteiger partial charge on any atom is -0.423 e. The van der Waals surface area contributed by atoms with E-state index in [-0.39, 0.29) is 0 Å². The summed E-state index contributed by atoms with van der Waals surface area (Å²) in [5, 5.41) is 19.5. The van der Waals surface area contributed by atoms with Gasteiger partial charge in [-0.2, -0.15) is 5.26 Å². The Kier molecular flexibility index (Phi) is 4.82. The first kappa shape index (κ1) is 18.2. The highest BCUT2D eigenvalue weighted by Gasteiger charge is 2.56. The van der Waals surface area contributed by atoms with E-state index in [1.165, 1.54) is 0 Å². The maximum absolute atomic E-state index is 10.5. The van der Waals surface area contributed by atoms with Crippen molar-refractivity contribution >= 4 is 19.7 Å². The summed E-state index contributed by atoms with van der Waals surface area (Å²) in [4.78, 5) is 0. The topological polar surface area (TPSA) is 71.7 Å². The molecule has 0 radical (unpaired) electrons. The van der Waals surface area contributed by atoms with Crippen molar-refractivity contribution in [1.29, 1.82) is 5.26 Å². The second kappa shape index (κ2) is 6.62. The van der Waals surface area contributed by atoms with Crippen LogP contribution in [0.15, 0.2) is 35.8 Å². The van der Waals surface area contributed by atoms with Gasteiger partial charge in [-0.15, -0.1) is 0 Å². The summed E-state index contributed by atoms with van der Waals surface area (Å²) >= 11 is 0. The van der Waals surface area contributed by atoms with Crippen LogP contribution in [0.4, 0.5) is 0 Å². The van der Waals surface area contributed by atoms with Gasteiger partial charge in [0.05, 0.1) is 23.4 Å². The van der Waals surface area contributed by atoms with Crippen LogP contribution in [-0.2, 0) is 14.0 Å². The Morgan fingerprint density at radius 3 is 2.28 bits per heavy atom. The van der Waals surface area contributed by atoms with E-state index in [2.05, 4.69) is 6.07 Å². The maximum Gasteiger partial charge on any atom is 0.492 e. The molecule has 2 aliphatic rings. The molecule has 0 aliphatic carbocycles. The number of benzene rings is 1. The van der Waals surface area contributed by atoms with E-state index in [9.17, 15) is 5.02 Å². The van der Waals surface area contributed by atoms with Crippen LogP contribution in [0, 0.1) is 11.3 Å². The fourth-order valence-corrected chi connectivity index (χ4v) is 3.21. The van der Waals surface area contributed by atoms with Gasteiger partial charge in [0.25, 0.3) is 0 Å². The van der Waals surface area contributed by atoms with Crippen molar-refractivity contribution in [1.82, 2.24) is 0 Å². The molecule has 130 valence electrons. The zero-order valence-electron chi connectivity index (χ0n) is 15.2. The Bertz CT molecular complexity index is 696. The molecule has 2 aliphatic heterocycles. The normalized spacial score (nSPS) is 24.7. The summed E-state index contributed by atoms with van der Waals surface area (Å²) in [7, 11) is -1.67. The predicted octanol–water partition coefficient (Wildman–Crippen LogP) is 2.79. The minimum absolute atomic E-state index is 0.336. The van der Waals surface area contributed by atoms with Gasteiger partial charge in [0.2, 0.25) is 0 Å². The van der Waals surface area contributed by atoms with Crippen molar-refractivity contribution in [2.24, 2.45) is 0 Å². The van der Waals surface area contributed by atoms with Gasteiger partial charge in [0, 0.05) is 6.42 Å². The van der Waals surface area contributed by atoms with Crippen LogP contribution < -0.4 is 0 Å². The van der Waals surface area contributed by atoms with Gasteiger partial charge in [0.15, 0.2) is 0 Å². The molecule has 2 heterocycles. The molecule has 1 aromatic carbocycles. The summed E-state index contributed by atoms with van der Waals surface area (Å²) in [6.07, 6.45) is 0.422. The van der Waals surface area contributed by atoms with Gasteiger partial charge in [-0.3, -0.25) is 0 Å². The average molecular weight is 339 g/mol. The van der Waals surface area contributed by atoms with Crippen LogP contribution in [0.25, 0.3) is 5.47 Å². The van der Waals surface area contributed by atoms with Gasteiger partial charge in [-0.1, -0.05) is 30.3 Å². The monoisotopic (exact) mass is 339 g/mol. The summed E-state index contributed by atoms with van der Waals surface area (Å²) in [6, 6.07) is 11.8. The van der Waals surface area contributed by atoms with Gasteiger partial charge in [-0.25, -0.2) is 0 Å². The molecule has 25 heavy (non-hydrogen) atoms. The Morgan fingerprint density at radius 1 is 1.12 bits per heavy atom. The van der Waals surface area contributed by atoms with E-state index < -0.39 is 31.5 Å². The molecular weight excluding hydrogens is 316 g/mol. The van der Waals surface area contributed by atoms with E-state index >= 15 is 0 Å². The largest absolute Gasteiger partial charge is 0.492 e. The molecule has 0 unspecified atom stereocenters. The lowest BCUT2D eigenvalue weighted by molar-refractivity contribution is 0.00578. The van der Waals surface area contributed by atoms with Crippen LogP contribution in [0.2, 0.25) is 0 Å². The molecule has 5 nitrogen and oxygen atoms in total. The Balaban J connectivity index is 2.05. The van der Waals surface area contributed by atoms with E-state index in [4.69, 9.17) is 19.2 Å². The number of nitriles is 1. The molecule has 0 amide bonds. The lowest BCUT2D eigenvalue weighted by atomic mass is 9.64. The zero-order chi connectivity index (χ0) is 18.2. The van der Waals surface area contributed by atoms with Crippen molar-refractivity contribution in [2.45, 2.75) is 57.8 Å². The van der Waals surface area contributed by atoms with Gasteiger partial charge < -0.3 is 19.0 Å². The highest BCUT2D eigenvalue weighted by atomic mass is 16.7. The molecule has 1 aromatic rings.